The van der Waals surface area contributed by atoms with Gasteiger partial charge in [-0.05, 0) is 46.8 Å². The SMILES string of the molecule is CC1CC(CCCCCN(C)C)O1. The van der Waals surface area contributed by atoms with Gasteiger partial charge >= 0.3 is 0 Å². The van der Waals surface area contributed by atoms with E-state index in [4.69, 9.17) is 4.74 Å². The monoisotopic (exact) mass is 185 g/mol. The summed E-state index contributed by atoms with van der Waals surface area (Å²) in [5.74, 6) is 0. The lowest BCUT2D eigenvalue weighted by atomic mass is 10.0. The van der Waals surface area contributed by atoms with Crippen LogP contribution in [0.4, 0.5) is 0 Å². The van der Waals surface area contributed by atoms with Gasteiger partial charge in [0.2, 0.25) is 0 Å². The van der Waals surface area contributed by atoms with Gasteiger partial charge in [-0.25, -0.2) is 0 Å². The van der Waals surface area contributed by atoms with Gasteiger partial charge in [-0.15, -0.1) is 0 Å². The van der Waals surface area contributed by atoms with Crippen LogP contribution in [0.15, 0.2) is 0 Å². The van der Waals surface area contributed by atoms with Crippen LogP contribution in [0.5, 0.6) is 0 Å². The van der Waals surface area contributed by atoms with Crippen LogP contribution in [0, 0.1) is 0 Å². The molecule has 0 aliphatic carbocycles. The van der Waals surface area contributed by atoms with Gasteiger partial charge in [-0.2, -0.15) is 0 Å². The molecule has 0 bridgehead atoms. The standard InChI is InChI=1S/C11H23NO/c1-10-9-11(13-10)7-5-4-6-8-12(2)3/h10-11H,4-9H2,1-3H3. The molecule has 1 rings (SSSR count). The van der Waals surface area contributed by atoms with Crippen LogP contribution in [0.3, 0.4) is 0 Å². The molecular weight excluding hydrogens is 162 g/mol. The van der Waals surface area contributed by atoms with E-state index in [1.165, 1.54) is 38.6 Å². The van der Waals surface area contributed by atoms with Crippen LogP contribution in [-0.4, -0.2) is 37.7 Å². The minimum absolute atomic E-state index is 0.534. The summed E-state index contributed by atoms with van der Waals surface area (Å²) in [6, 6.07) is 0. The molecule has 0 amide bonds. The van der Waals surface area contributed by atoms with E-state index < -0.39 is 0 Å². The molecule has 0 aromatic heterocycles. The maximum Gasteiger partial charge on any atom is 0.0603 e. The summed E-state index contributed by atoms with van der Waals surface area (Å²) in [6.45, 7) is 3.38. The predicted octanol–water partition coefficient (Wildman–Crippen LogP) is 2.29. The fourth-order valence-corrected chi connectivity index (χ4v) is 1.85. The van der Waals surface area contributed by atoms with Crippen LogP contribution < -0.4 is 0 Å². The highest BCUT2D eigenvalue weighted by Crippen LogP contribution is 2.24. The average molecular weight is 185 g/mol. The number of hydrogen-bond acceptors (Lipinski definition) is 2. The van der Waals surface area contributed by atoms with Gasteiger partial charge < -0.3 is 9.64 Å². The minimum atomic E-state index is 0.534. The maximum absolute atomic E-state index is 5.56. The molecule has 1 aliphatic heterocycles. The van der Waals surface area contributed by atoms with Gasteiger partial charge in [-0.3, -0.25) is 0 Å². The van der Waals surface area contributed by atoms with Crippen molar-refractivity contribution >= 4 is 0 Å². The molecule has 0 aromatic carbocycles. The zero-order valence-corrected chi connectivity index (χ0v) is 9.25. The van der Waals surface area contributed by atoms with Crippen LogP contribution >= 0.6 is 0 Å². The predicted molar refractivity (Wildman–Crippen MR) is 56.0 cm³/mol. The molecular formula is C11H23NO. The summed E-state index contributed by atoms with van der Waals surface area (Å²) < 4.78 is 5.56. The highest BCUT2D eigenvalue weighted by Gasteiger charge is 2.24. The Labute approximate surface area is 82.3 Å². The van der Waals surface area contributed by atoms with Crippen molar-refractivity contribution in [3.05, 3.63) is 0 Å². The number of hydrogen-bond donors (Lipinski definition) is 0. The minimum Gasteiger partial charge on any atom is -0.375 e. The van der Waals surface area contributed by atoms with Gasteiger partial charge in [-0.1, -0.05) is 12.8 Å². The van der Waals surface area contributed by atoms with Crippen LogP contribution in [-0.2, 0) is 4.74 Å². The summed E-state index contributed by atoms with van der Waals surface area (Å²) >= 11 is 0. The molecule has 0 spiro atoms. The molecule has 0 radical (unpaired) electrons. The van der Waals surface area contributed by atoms with Crippen molar-refractivity contribution in [2.75, 3.05) is 20.6 Å². The first-order valence-electron chi connectivity index (χ1n) is 5.48. The Kier molecular flexibility index (Phi) is 4.74. The first-order chi connectivity index (χ1) is 6.18. The Hall–Kier alpha value is -0.0800. The highest BCUT2D eigenvalue weighted by molar-refractivity contribution is 4.73. The Balaban J connectivity index is 1.79. The van der Waals surface area contributed by atoms with Crippen LogP contribution in [0.25, 0.3) is 0 Å². The average Bonchev–Trinajstić information content (AvgIpc) is 1.99. The molecule has 1 fully saturated rings. The lowest BCUT2D eigenvalue weighted by molar-refractivity contribution is -0.117. The van der Waals surface area contributed by atoms with Crippen molar-refractivity contribution in [2.24, 2.45) is 0 Å². The molecule has 13 heavy (non-hydrogen) atoms. The zero-order chi connectivity index (χ0) is 9.68. The van der Waals surface area contributed by atoms with Gasteiger partial charge in [0.25, 0.3) is 0 Å². The molecule has 2 heteroatoms. The van der Waals surface area contributed by atoms with Crippen molar-refractivity contribution in [1.29, 1.82) is 0 Å². The summed E-state index contributed by atoms with van der Waals surface area (Å²) in [5, 5.41) is 0. The quantitative estimate of drug-likeness (QED) is 0.589. The summed E-state index contributed by atoms with van der Waals surface area (Å²) in [7, 11) is 4.27. The van der Waals surface area contributed by atoms with E-state index in [-0.39, 0.29) is 0 Å². The summed E-state index contributed by atoms with van der Waals surface area (Å²) in [6.07, 6.45) is 7.71. The Morgan fingerprint density at radius 3 is 2.46 bits per heavy atom. The zero-order valence-electron chi connectivity index (χ0n) is 9.25. The molecule has 1 saturated heterocycles. The van der Waals surface area contributed by atoms with E-state index in [2.05, 4.69) is 25.9 Å². The number of unbranched alkanes of at least 4 members (excludes halogenated alkanes) is 2. The van der Waals surface area contributed by atoms with E-state index in [0.717, 1.165) is 0 Å². The van der Waals surface area contributed by atoms with Gasteiger partial charge in [0.15, 0.2) is 0 Å². The van der Waals surface area contributed by atoms with E-state index in [0.29, 0.717) is 12.2 Å². The molecule has 0 N–H and O–H groups in total. The molecule has 2 atom stereocenters. The molecule has 1 heterocycles. The fourth-order valence-electron chi connectivity index (χ4n) is 1.85. The van der Waals surface area contributed by atoms with Crippen LogP contribution in [0.2, 0.25) is 0 Å². The lowest BCUT2D eigenvalue weighted by Crippen LogP contribution is -2.34. The van der Waals surface area contributed by atoms with E-state index in [1.807, 2.05) is 0 Å². The third-order valence-corrected chi connectivity index (χ3v) is 2.65. The second-order valence-electron chi connectivity index (χ2n) is 4.46. The molecule has 2 unspecified atom stereocenters. The molecule has 1 aliphatic rings. The number of ether oxygens (including phenoxy) is 1. The van der Waals surface area contributed by atoms with Crippen molar-refractivity contribution < 1.29 is 4.74 Å². The second kappa shape index (κ2) is 5.61. The van der Waals surface area contributed by atoms with Gasteiger partial charge in [0.1, 0.15) is 0 Å². The molecule has 78 valence electrons. The normalized spacial score (nSPS) is 27.7. The first kappa shape index (κ1) is 11.0. The Bertz CT molecular complexity index is 130. The topological polar surface area (TPSA) is 12.5 Å². The van der Waals surface area contributed by atoms with Crippen molar-refractivity contribution in [3.8, 4) is 0 Å². The molecule has 2 nitrogen and oxygen atoms in total. The highest BCUT2D eigenvalue weighted by atomic mass is 16.5. The second-order valence-corrected chi connectivity index (χ2v) is 4.46. The fraction of sp³-hybridized carbons (Fsp3) is 1.00. The molecule has 0 saturated carbocycles. The Morgan fingerprint density at radius 1 is 1.23 bits per heavy atom. The third-order valence-electron chi connectivity index (χ3n) is 2.65. The van der Waals surface area contributed by atoms with E-state index >= 15 is 0 Å². The smallest absolute Gasteiger partial charge is 0.0603 e. The largest absolute Gasteiger partial charge is 0.375 e. The maximum atomic E-state index is 5.56. The van der Waals surface area contributed by atoms with Crippen molar-refractivity contribution in [3.63, 3.8) is 0 Å². The van der Waals surface area contributed by atoms with E-state index in [1.54, 1.807) is 0 Å². The first-order valence-corrected chi connectivity index (χ1v) is 5.48. The number of nitrogens with zero attached hydrogens (tertiary/aromatic N) is 1. The molecule has 0 aromatic rings. The summed E-state index contributed by atoms with van der Waals surface area (Å²) in [4.78, 5) is 2.25. The Morgan fingerprint density at radius 2 is 1.92 bits per heavy atom. The lowest BCUT2D eigenvalue weighted by Gasteiger charge is -2.33. The van der Waals surface area contributed by atoms with Crippen molar-refractivity contribution in [2.45, 2.75) is 51.2 Å². The van der Waals surface area contributed by atoms with Crippen LogP contribution in [0.1, 0.15) is 39.0 Å². The van der Waals surface area contributed by atoms with E-state index in [9.17, 15) is 0 Å². The number of rotatable bonds is 6. The van der Waals surface area contributed by atoms with Crippen molar-refractivity contribution in [1.82, 2.24) is 4.90 Å². The van der Waals surface area contributed by atoms with Gasteiger partial charge in [0, 0.05) is 0 Å². The van der Waals surface area contributed by atoms with Gasteiger partial charge in [0.05, 0.1) is 12.2 Å². The summed E-state index contributed by atoms with van der Waals surface area (Å²) in [5.41, 5.74) is 0. The third kappa shape index (κ3) is 4.63.